The number of benzene rings is 3. The van der Waals surface area contributed by atoms with E-state index in [1.165, 1.54) is 19.0 Å². The molecule has 0 aliphatic carbocycles. The number of ether oxygens (including phenoxy) is 2. The number of halogens is 2. The van der Waals surface area contributed by atoms with Crippen molar-refractivity contribution in [2.45, 2.75) is 50.2 Å². The van der Waals surface area contributed by atoms with Crippen molar-refractivity contribution >= 4 is 47.1 Å². The van der Waals surface area contributed by atoms with Gasteiger partial charge in [0, 0.05) is 15.6 Å². The lowest BCUT2D eigenvalue weighted by atomic mass is 9.94. The summed E-state index contributed by atoms with van der Waals surface area (Å²) in [6, 6.07) is 18.9. The first-order valence-electron chi connectivity index (χ1n) is 13.7. The standard InChI is InChI=1S/C31H30Cl2N4O6/c1-18(30(40)42-2)34-28(38)24-16-23(25-21(32)14-9-15-22(25)33)36-27(20-12-7-4-8-13-20)26(29(39)37(24)36)35-31(41)43-17-19-10-5-3-6-11-19/h3-15,18,23-24,26-27H,16-17H2,1-2H3,(H,34,38)(H,35,41)/t18-,23-,24-,26+,27+/m0/s1. The molecular weight excluding hydrogens is 595 g/mol. The Morgan fingerprint density at radius 2 is 1.58 bits per heavy atom. The molecule has 10 nitrogen and oxygen atoms in total. The van der Waals surface area contributed by atoms with Gasteiger partial charge in [-0.3, -0.25) is 14.6 Å². The average Bonchev–Trinajstić information content (AvgIpc) is 3.52. The zero-order chi connectivity index (χ0) is 30.7. The zero-order valence-corrected chi connectivity index (χ0v) is 24.9. The fourth-order valence-electron chi connectivity index (χ4n) is 5.63. The minimum atomic E-state index is -1.12. The van der Waals surface area contributed by atoms with Gasteiger partial charge in [0.15, 0.2) is 0 Å². The second-order valence-corrected chi connectivity index (χ2v) is 11.1. The molecule has 0 aromatic heterocycles. The van der Waals surface area contributed by atoms with Crippen molar-refractivity contribution in [3.63, 3.8) is 0 Å². The molecule has 3 aromatic rings. The van der Waals surface area contributed by atoms with Crippen LogP contribution in [0.5, 0.6) is 0 Å². The Labute approximate surface area is 258 Å². The van der Waals surface area contributed by atoms with E-state index in [1.54, 1.807) is 23.2 Å². The molecule has 5 rings (SSSR count). The third-order valence-corrected chi connectivity index (χ3v) is 8.24. The van der Waals surface area contributed by atoms with Crippen LogP contribution >= 0.6 is 23.2 Å². The molecule has 2 heterocycles. The Hall–Kier alpha value is -4.12. The van der Waals surface area contributed by atoms with Gasteiger partial charge in [-0.15, -0.1) is 0 Å². The van der Waals surface area contributed by atoms with E-state index in [-0.39, 0.29) is 13.0 Å². The quantitative estimate of drug-likeness (QED) is 0.352. The van der Waals surface area contributed by atoms with Gasteiger partial charge >= 0.3 is 12.1 Å². The molecule has 0 spiro atoms. The van der Waals surface area contributed by atoms with Crippen LogP contribution in [-0.2, 0) is 30.5 Å². The van der Waals surface area contributed by atoms with Crippen LogP contribution in [0.25, 0.3) is 0 Å². The van der Waals surface area contributed by atoms with E-state index < -0.39 is 54.1 Å². The van der Waals surface area contributed by atoms with E-state index in [9.17, 15) is 19.2 Å². The number of carbonyl (C=O) groups is 4. The van der Waals surface area contributed by atoms with Gasteiger partial charge in [0.2, 0.25) is 5.91 Å². The van der Waals surface area contributed by atoms with E-state index >= 15 is 0 Å². The van der Waals surface area contributed by atoms with Crippen molar-refractivity contribution in [2.75, 3.05) is 7.11 Å². The lowest BCUT2D eigenvalue weighted by molar-refractivity contribution is -0.149. The second kappa shape index (κ2) is 13.0. The first-order valence-corrected chi connectivity index (χ1v) is 14.4. The van der Waals surface area contributed by atoms with Gasteiger partial charge in [0.1, 0.15) is 24.7 Å². The number of amides is 3. The lowest BCUT2D eigenvalue weighted by Gasteiger charge is -2.33. The maximum Gasteiger partial charge on any atom is 0.408 e. The highest BCUT2D eigenvalue weighted by atomic mass is 35.5. The molecule has 2 N–H and O–H groups in total. The molecule has 0 unspecified atom stereocenters. The van der Waals surface area contributed by atoms with Gasteiger partial charge in [-0.05, 0) is 36.6 Å². The van der Waals surface area contributed by atoms with E-state index in [0.29, 0.717) is 21.2 Å². The van der Waals surface area contributed by atoms with Crippen LogP contribution in [-0.4, -0.2) is 59.1 Å². The van der Waals surface area contributed by atoms with Crippen molar-refractivity contribution in [1.29, 1.82) is 0 Å². The maximum atomic E-state index is 14.2. The zero-order valence-electron chi connectivity index (χ0n) is 23.4. The predicted octanol–water partition coefficient (Wildman–Crippen LogP) is 4.58. The van der Waals surface area contributed by atoms with Crippen LogP contribution < -0.4 is 10.6 Å². The molecule has 224 valence electrons. The number of carbonyl (C=O) groups excluding carboxylic acids is 4. The van der Waals surface area contributed by atoms with Crippen LogP contribution in [0.4, 0.5) is 4.79 Å². The van der Waals surface area contributed by atoms with Gasteiger partial charge < -0.3 is 20.1 Å². The molecule has 0 radical (unpaired) electrons. The summed E-state index contributed by atoms with van der Waals surface area (Å²) in [6.07, 6.45) is -0.665. The molecule has 0 bridgehead atoms. The molecule has 2 fully saturated rings. The summed E-state index contributed by atoms with van der Waals surface area (Å²) in [5, 5.41) is 9.19. The molecule has 43 heavy (non-hydrogen) atoms. The van der Waals surface area contributed by atoms with E-state index in [4.69, 9.17) is 32.7 Å². The number of nitrogens with one attached hydrogen (secondary N) is 2. The van der Waals surface area contributed by atoms with Crippen LogP contribution in [0, 0.1) is 0 Å². The second-order valence-electron chi connectivity index (χ2n) is 10.3. The maximum absolute atomic E-state index is 14.2. The summed E-state index contributed by atoms with van der Waals surface area (Å²) in [4.78, 5) is 52.9. The van der Waals surface area contributed by atoms with Gasteiger partial charge in [-0.1, -0.05) is 89.9 Å². The number of hydrogen-bond acceptors (Lipinski definition) is 7. The highest BCUT2D eigenvalue weighted by molar-refractivity contribution is 6.36. The SMILES string of the molecule is COC(=O)[C@H](C)NC(=O)[C@@H]1C[C@@H](c2c(Cl)cccc2Cl)N2[C@H](c3ccccc3)[C@@H](NC(=O)OCc3ccccc3)C(=O)N12. The van der Waals surface area contributed by atoms with Crippen molar-refractivity contribution < 1.29 is 28.7 Å². The molecule has 3 amide bonds. The minimum Gasteiger partial charge on any atom is -0.467 e. The van der Waals surface area contributed by atoms with E-state index in [1.807, 2.05) is 60.7 Å². The topological polar surface area (TPSA) is 117 Å². The summed E-state index contributed by atoms with van der Waals surface area (Å²) in [7, 11) is 1.22. The molecule has 3 aromatic carbocycles. The first kappa shape index (κ1) is 30.3. The highest BCUT2D eigenvalue weighted by Crippen LogP contribution is 2.51. The van der Waals surface area contributed by atoms with Gasteiger partial charge in [-0.25, -0.2) is 14.6 Å². The Balaban J connectivity index is 1.53. The summed E-state index contributed by atoms with van der Waals surface area (Å²) in [5.74, 6) is -1.73. The fraction of sp³-hybridized carbons (Fsp3) is 0.290. The van der Waals surface area contributed by atoms with Gasteiger partial charge in [0.25, 0.3) is 5.91 Å². The van der Waals surface area contributed by atoms with Crippen LogP contribution in [0.15, 0.2) is 78.9 Å². The predicted molar refractivity (Wildman–Crippen MR) is 159 cm³/mol. The third-order valence-electron chi connectivity index (χ3n) is 7.58. The van der Waals surface area contributed by atoms with E-state index in [2.05, 4.69) is 10.6 Å². The van der Waals surface area contributed by atoms with E-state index in [0.717, 1.165) is 5.56 Å². The van der Waals surface area contributed by atoms with Crippen molar-refractivity contribution in [3.05, 3.63) is 106 Å². The number of rotatable bonds is 8. The Kier molecular flexibility index (Phi) is 9.19. The molecule has 2 saturated heterocycles. The van der Waals surface area contributed by atoms with Crippen LogP contribution in [0.2, 0.25) is 10.0 Å². The largest absolute Gasteiger partial charge is 0.467 e. The monoisotopic (exact) mass is 624 g/mol. The number of alkyl carbamates (subject to hydrolysis) is 1. The Morgan fingerprint density at radius 1 is 0.953 bits per heavy atom. The number of hydrazine groups is 1. The van der Waals surface area contributed by atoms with Crippen molar-refractivity contribution in [3.8, 4) is 0 Å². The molecular formula is C31H30Cl2N4O6. The summed E-state index contributed by atoms with van der Waals surface area (Å²) in [5.41, 5.74) is 2.03. The number of nitrogens with zero attached hydrogens (tertiary/aromatic N) is 2. The molecule has 2 aliphatic heterocycles. The normalized spacial score (nSPS) is 22.0. The molecule has 2 aliphatic rings. The van der Waals surface area contributed by atoms with Crippen LogP contribution in [0.1, 0.15) is 42.1 Å². The summed E-state index contributed by atoms with van der Waals surface area (Å²) < 4.78 is 10.2. The molecule has 5 atom stereocenters. The lowest BCUT2D eigenvalue weighted by Crippen LogP contribution is -2.52. The summed E-state index contributed by atoms with van der Waals surface area (Å²) >= 11 is 13.3. The van der Waals surface area contributed by atoms with Crippen molar-refractivity contribution in [2.24, 2.45) is 0 Å². The number of esters is 1. The van der Waals surface area contributed by atoms with Gasteiger partial charge in [-0.2, -0.15) is 0 Å². The number of methoxy groups -OCH3 is 1. The third kappa shape index (κ3) is 6.17. The van der Waals surface area contributed by atoms with Crippen molar-refractivity contribution in [1.82, 2.24) is 20.7 Å². The first-order chi connectivity index (χ1) is 20.7. The average molecular weight is 626 g/mol. The Bertz CT molecular complexity index is 1490. The minimum absolute atomic E-state index is 0.00528. The molecule has 0 saturated carbocycles. The number of fused-ring (bicyclic) bond motifs is 1. The Morgan fingerprint density at radius 3 is 2.21 bits per heavy atom. The summed E-state index contributed by atoms with van der Waals surface area (Å²) in [6.45, 7) is 1.50. The highest BCUT2D eigenvalue weighted by Gasteiger charge is 2.59. The molecule has 12 heteroatoms. The van der Waals surface area contributed by atoms with Crippen LogP contribution in [0.3, 0.4) is 0 Å². The van der Waals surface area contributed by atoms with Gasteiger partial charge in [0.05, 0.1) is 19.2 Å². The smallest absolute Gasteiger partial charge is 0.408 e. The fourth-order valence-corrected chi connectivity index (χ4v) is 6.28. The number of hydrogen-bond donors (Lipinski definition) is 2.